The summed E-state index contributed by atoms with van der Waals surface area (Å²) in [7, 11) is 1.69. The lowest BCUT2D eigenvalue weighted by Crippen LogP contribution is -2.35. The van der Waals surface area contributed by atoms with Gasteiger partial charge in [-0.1, -0.05) is 0 Å². The van der Waals surface area contributed by atoms with E-state index < -0.39 is 24.4 Å². The number of aryl methyl sites for hydroxylation is 3. The third-order valence-corrected chi connectivity index (χ3v) is 4.40. The molecule has 2 aromatic heterocycles. The van der Waals surface area contributed by atoms with Crippen LogP contribution in [0.25, 0.3) is 5.69 Å². The van der Waals surface area contributed by atoms with E-state index in [1.54, 1.807) is 42.1 Å². The second-order valence-electron chi connectivity index (χ2n) is 6.46. The normalized spacial score (nSPS) is 10.5. The van der Waals surface area contributed by atoms with Crippen molar-refractivity contribution in [1.82, 2.24) is 14.5 Å². The zero-order chi connectivity index (χ0) is 20.3. The number of hydrogen-bond donors (Lipinski definition) is 1. The lowest BCUT2D eigenvalue weighted by molar-refractivity contribution is -0.123. The Morgan fingerprint density at radius 2 is 1.61 bits per heavy atom. The molecule has 144 valence electrons. The molecule has 1 N–H and O–H groups in total. The molecule has 0 spiro atoms. The molecule has 2 heterocycles. The number of esters is 1. The molecule has 0 fully saturated rings. The molecule has 0 aliphatic rings. The highest BCUT2D eigenvalue weighted by molar-refractivity contribution is 6.04. The summed E-state index contributed by atoms with van der Waals surface area (Å²) in [4.78, 5) is 36.0. The summed E-state index contributed by atoms with van der Waals surface area (Å²) in [5, 5.41) is 2.19. The number of imide groups is 1. The van der Waals surface area contributed by atoms with Gasteiger partial charge in [0.15, 0.2) is 6.61 Å². The summed E-state index contributed by atoms with van der Waals surface area (Å²) in [6, 6.07) is 14.2. The van der Waals surface area contributed by atoms with Gasteiger partial charge in [0, 0.05) is 30.3 Å². The molecule has 3 rings (SSSR count). The second kappa shape index (κ2) is 7.96. The van der Waals surface area contributed by atoms with Gasteiger partial charge in [-0.05, 0) is 62.4 Å². The van der Waals surface area contributed by atoms with Gasteiger partial charge in [-0.2, -0.15) is 0 Å². The summed E-state index contributed by atoms with van der Waals surface area (Å²) >= 11 is 0. The van der Waals surface area contributed by atoms with E-state index in [0.29, 0.717) is 11.3 Å². The molecule has 28 heavy (non-hydrogen) atoms. The van der Waals surface area contributed by atoms with Crippen LogP contribution in [-0.2, 0) is 16.6 Å². The maximum absolute atomic E-state index is 12.2. The summed E-state index contributed by atoms with van der Waals surface area (Å²) in [6.45, 7) is 3.47. The highest BCUT2D eigenvalue weighted by atomic mass is 16.5. The SMILES string of the molecule is Cc1ccc(C)n1-c1ccc(C(=O)OCC(=O)NC(=O)c2cccn2C)cc1. The van der Waals surface area contributed by atoms with Crippen molar-refractivity contribution in [2.45, 2.75) is 13.8 Å². The van der Waals surface area contributed by atoms with Gasteiger partial charge in [0.05, 0.1) is 5.56 Å². The Kier molecular flexibility index (Phi) is 5.44. The summed E-state index contributed by atoms with van der Waals surface area (Å²) in [6.07, 6.45) is 1.69. The van der Waals surface area contributed by atoms with Gasteiger partial charge in [0.1, 0.15) is 5.69 Å². The van der Waals surface area contributed by atoms with E-state index in [0.717, 1.165) is 17.1 Å². The Balaban J connectivity index is 1.57. The van der Waals surface area contributed by atoms with Crippen LogP contribution in [0.1, 0.15) is 32.2 Å². The molecule has 7 heteroatoms. The van der Waals surface area contributed by atoms with E-state index >= 15 is 0 Å². The number of hydrogen-bond acceptors (Lipinski definition) is 4. The molecular weight excluding hydrogens is 358 g/mol. The van der Waals surface area contributed by atoms with Gasteiger partial charge in [-0.3, -0.25) is 14.9 Å². The summed E-state index contributed by atoms with van der Waals surface area (Å²) < 4.78 is 8.65. The van der Waals surface area contributed by atoms with Crippen LogP contribution < -0.4 is 5.32 Å². The monoisotopic (exact) mass is 379 g/mol. The average Bonchev–Trinajstić information content (AvgIpc) is 3.25. The van der Waals surface area contributed by atoms with Crippen LogP contribution >= 0.6 is 0 Å². The fourth-order valence-corrected chi connectivity index (χ4v) is 2.96. The van der Waals surface area contributed by atoms with Gasteiger partial charge < -0.3 is 13.9 Å². The Labute approximate surface area is 162 Å². The first-order chi connectivity index (χ1) is 13.4. The number of nitrogens with zero attached hydrogens (tertiary/aromatic N) is 2. The van der Waals surface area contributed by atoms with Gasteiger partial charge in [0.25, 0.3) is 11.8 Å². The number of ether oxygens (including phenoxy) is 1. The highest BCUT2D eigenvalue weighted by Crippen LogP contribution is 2.17. The topological polar surface area (TPSA) is 82.3 Å². The fourth-order valence-electron chi connectivity index (χ4n) is 2.96. The fraction of sp³-hybridized carbons (Fsp3) is 0.190. The van der Waals surface area contributed by atoms with Gasteiger partial charge >= 0.3 is 5.97 Å². The van der Waals surface area contributed by atoms with Crippen molar-refractivity contribution < 1.29 is 19.1 Å². The number of benzene rings is 1. The van der Waals surface area contributed by atoms with Crippen LogP contribution in [0.4, 0.5) is 0 Å². The van der Waals surface area contributed by atoms with Crippen molar-refractivity contribution in [2.75, 3.05) is 6.61 Å². The molecule has 3 aromatic rings. The lowest BCUT2D eigenvalue weighted by Gasteiger charge is -2.10. The first kappa shape index (κ1) is 19.2. The lowest BCUT2D eigenvalue weighted by atomic mass is 10.2. The Morgan fingerprint density at radius 3 is 2.18 bits per heavy atom. The third-order valence-electron chi connectivity index (χ3n) is 4.40. The van der Waals surface area contributed by atoms with E-state index in [1.807, 2.05) is 38.1 Å². The van der Waals surface area contributed by atoms with Crippen molar-refractivity contribution in [3.63, 3.8) is 0 Å². The molecule has 0 aliphatic carbocycles. The number of aromatic nitrogens is 2. The molecular formula is C21H21N3O4. The zero-order valence-electron chi connectivity index (χ0n) is 15.9. The number of carbonyl (C=O) groups is 3. The first-order valence-corrected chi connectivity index (χ1v) is 8.75. The largest absolute Gasteiger partial charge is 0.452 e. The molecule has 0 aliphatic heterocycles. The molecule has 0 bridgehead atoms. The third kappa shape index (κ3) is 4.03. The predicted molar refractivity (Wildman–Crippen MR) is 103 cm³/mol. The van der Waals surface area contributed by atoms with Crippen LogP contribution in [-0.4, -0.2) is 33.5 Å². The maximum Gasteiger partial charge on any atom is 0.338 e. The minimum Gasteiger partial charge on any atom is -0.452 e. The van der Waals surface area contributed by atoms with E-state index in [1.165, 1.54) is 0 Å². The van der Waals surface area contributed by atoms with E-state index in [-0.39, 0.29) is 0 Å². The van der Waals surface area contributed by atoms with Crippen molar-refractivity contribution in [3.8, 4) is 5.69 Å². The van der Waals surface area contributed by atoms with Gasteiger partial charge in [-0.15, -0.1) is 0 Å². The van der Waals surface area contributed by atoms with Crippen molar-refractivity contribution >= 4 is 17.8 Å². The standard InChI is InChI=1S/C21H21N3O4/c1-14-6-7-15(2)24(14)17-10-8-16(9-11-17)21(27)28-13-19(25)22-20(26)18-5-4-12-23(18)3/h4-12H,13H2,1-3H3,(H,22,25,26). The number of amides is 2. The van der Waals surface area contributed by atoms with Crippen LogP contribution in [0, 0.1) is 13.8 Å². The van der Waals surface area contributed by atoms with Crippen molar-refractivity contribution in [3.05, 3.63) is 77.4 Å². The molecule has 0 saturated heterocycles. The molecule has 1 aromatic carbocycles. The molecule has 0 unspecified atom stereocenters. The molecule has 0 saturated carbocycles. The molecule has 7 nitrogen and oxygen atoms in total. The minimum absolute atomic E-state index is 0.327. The number of rotatable bonds is 5. The van der Waals surface area contributed by atoms with Crippen molar-refractivity contribution in [1.29, 1.82) is 0 Å². The smallest absolute Gasteiger partial charge is 0.338 e. The van der Waals surface area contributed by atoms with Crippen molar-refractivity contribution in [2.24, 2.45) is 7.05 Å². The number of carbonyl (C=O) groups excluding carboxylic acids is 3. The van der Waals surface area contributed by atoms with E-state index in [9.17, 15) is 14.4 Å². The summed E-state index contributed by atoms with van der Waals surface area (Å²) in [5.74, 6) is -1.86. The van der Waals surface area contributed by atoms with Crippen LogP contribution in [0.2, 0.25) is 0 Å². The van der Waals surface area contributed by atoms with Gasteiger partial charge in [0.2, 0.25) is 0 Å². The summed E-state index contributed by atoms with van der Waals surface area (Å²) in [5.41, 5.74) is 3.78. The van der Waals surface area contributed by atoms with Crippen LogP contribution in [0.3, 0.4) is 0 Å². The quantitative estimate of drug-likeness (QED) is 0.691. The van der Waals surface area contributed by atoms with Crippen LogP contribution in [0.5, 0.6) is 0 Å². The average molecular weight is 379 g/mol. The second-order valence-corrected chi connectivity index (χ2v) is 6.46. The first-order valence-electron chi connectivity index (χ1n) is 8.75. The Morgan fingerprint density at radius 1 is 0.964 bits per heavy atom. The Bertz CT molecular complexity index is 1010. The van der Waals surface area contributed by atoms with Gasteiger partial charge in [-0.25, -0.2) is 4.79 Å². The van der Waals surface area contributed by atoms with E-state index in [2.05, 4.69) is 9.88 Å². The minimum atomic E-state index is -0.685. The maximum atomic E-state index is 12.2. The Hall–Kier alpha value is -3.61. The zero-order valence-corrected chi connectivity index (χ0v) is 15.9. The van der Waals surface area contributed by atoms with E-state index in [4.69, 9.17) is 4.74 Å². The molecule has 0 radical (unpaired) electrons. The molecule has 0 atom stereocenters. The number of nitrogens with one attached hydrogen (secondary N) is 1. The predicted octanol–water partition coefficient (Wildman–Crippen LogP) is 2.55. The van der Waals surface area contributed by atoms with Crippen LogP contribution in [0.15, 0.2) is 54.7 Å². The highest BCUT2D eigenvalue weighted by Gasteiger charge is 2.15. The molecule has 2 amide bonds.